The number of hydrogen-bond acceptors (Lipinski definition) is 4. The Balaban J connectivity index is 3.34. The van der Waals surface area contributed by atoms with E-state index in [2.05, 4.69) is 0 Å². The SMILES string of the molecule is COc1cc(CC(=O)O)cc(C(=O)O)c1OC. The summed E-state index contributed by atoms with van der Waals surface area (Å²) >= 11 is 0. The highest BCUT2D eigenvalue weighted by Gasteiger charge is 2.18. The summed E-state index contributed by atoms with van der Waals surface area (Å²) in [7, 11) is 2.68. The third-order valence-corrected chi connectivity index (χ3v) is 2.12. The fourth-order valence-electron chi connectivity index (χ4n) is 1.46. The largest absolute Gasteiger partial charge is 0.493 e. The molecule has 1 aromatic rings. The lowest BCUT2D eigenvalue weighted by Gasteiger charge is -2.12. The molecule has 0 saturated carbocycles. The lowest BCUT2D eigenvalue weighted by molar-refractivity contribution is -0.136. The van der Waals surface area contributed by atoms with Gasteiger partial charge in [-0.05, 0) is 17.7 Å². The molecule has 0 amide bonds. The second-order valence-electron chi connectivity index (χ2n) is 3.25. The zero-order valence-electron chi connectivity index (χ0n) is 9.39. The molecule has 17 heavy (non-hydrogen) atoms. The van der Waals surface area contributed by atoms with Crippen molar-refractivity contribution in [2.45, 2.75) is 6.42 Å². The number of carbonyl (C=O) groups is 2. The van der Waals surface area contributed by atoms with Crippen LogP contribution in [0.15, 0.2) is 12.1 Å². The number of ether oxygens (including phenoxy) is 2. The molecule has 0 atom stereocenters. The first-order valence-electron chi connectivity index (χ1n) is 4.69. The molecule has 0 spiro atoms. The molecule has 0 aliphatic rings. The van der Waals surface area contributed by atoms with Crippen LogP contribution in [0.3, 0.4) is 0 Å². The van der Waals surface area contributed by atoms with Gasteiger partial charge in [-0.15, -0.1) is 0 Å². The fourth-order valence-corrected chi connectivity index (χ4v) is 1.46. The summed E-state index contributed by atoms with van der Waals surface area (Å²) in [5.74, 6) is -1.97. The van der Waals surface area contributed by atoms with Crippen molar-refractivity contribution in [2.75, 3.05) is 14.2 Å². The summed E-state index contributed by atoms with van der Waals surface area (Å²) < 4.78 is 9.90. The van der Waals surface area contributed by atoms with Crippen LogP contribution in [0, 0.1) is 0 Å². The molecule has 92 valence electrons. The molecule has 6 heteroatoms. The fraction of sp³-hybridized carbons (Fsp3) is 0.273. The van der Waals surface area contributed by atoms with Crippen molar-refractivity contribution in [3.05, 3.63) is 23.3 Å². The lowest BCUT2D eigenvalue weighted by atomic mass is 10.1. The normalized spacial score (nSPS) is 9.76. The van der Waals surface area contributed by atoms with Gasteiger partial charge in [-0.1, -0.05) is 0 Å². The standard InChI is InChI=1S/C11H12O6/c1-16-8-4-6(5-9(12)13)3-7(11(14)15)10(8)17-2/h3-4H,5H2,1-2H3,(H,12,13)(H,14,15). The second-order valence-corrected chi connectivity index (χ2v) is 3.25. The molecule has 0 fully saturated rings. The van der Waals surface area contributed by atoms with Crippen molar-refractivity contribution in [2.24, 2.45) is 0 Å². The van der Waals surface area contributed by atoms with Gasteiger partial charge in [-0.25, -0.2) is 4.79 Å². The maximum atomic E-state index is 11.0. The minimum Gasteiger partial charge on any atom is -0.493 e. The van der Waals surface area contributed by atoms with Gasteiger partial charge in [0.05, 0.1) is 20.6 Å². The molecular formula is C11H12O6. The van der Waals surface area contributed by atoms with Gasteiger partial charge < -0.3 is 19.7 Å². The average molecular weight is 240 g/mol. The van der Waals surface area contributed by atoms with E-state index in [1.165, 1.54) is 26.4 Å². The molecule has 6 nitrogen and oxygen atoms in total. The molecule has 2 N–H and O–H groups in total. The first kappa shape index (κ1) is 12.8. The van der Waals surface area contributed by atoms with Crippen LogP contribution >= 0.6 is 0 Å². The highest BCUT2D eigenvalue weighted by Crippen LogP contribution is 2.32. The molecule has 0 aliphatic heterocycles. The monoisotopic (exact) mass is 240 g/mol. The topological polar surface area (TPSA) is 93.1 Å². The van der Waals surface area contributed by atoms with Gasteiger partial charge in [0.2, 0.25) is 0 Å². The van der Waals surface area contributed by atoms with Crippen LogP contribution in [-0.2, 0) is 11.2 Å². The van der Waals surface area contributed by atoms with Crippen molar-refractivity contribution >= 4 is 11.9 Å². The minimum atomic E-state index is -1.20. The number of rotatable bonds is 5. The molecule has 0 aromatic heterocycles. The van der Waals surface area contributed by atoms with E-state index in [-0.39, 0.29) is 23.5 Å². The van der Waals surface area contributed by atoms with Gasteiger partial charge in [0, 0.05) is 0 Å². The third kappa shape index (κ3) is 2.87. The van der Waals surface area contributed by atoms with E-state index in [1.54, 1.807) is 0 Å². The maximum absolute atomic E-state index is 11.0. The van der Waals surface area contributed by atoms with E-state index in [0.717, 1.165) is 0 Å². The average Bonchev–Trinajstić information content (AvgIpc) is 2.26. The van der Waals surface area contributed by atoms with Crippen LogP contribution in [0.1, 0.15) is 15.9 Å². The van der Waals surface area contributed by atoms with Gasteiger partial charge in [0.25, 0.3) is 0 Å². The molecule has 0 unspecified atom stereocenters. The highest BCUT2D eigenvalue weighted by atomic mass is 16.5. The first-order chi connectivity index (χ1) is 7.99. The highest BCUT2D eigenvalue weighted by molar-refractivity contribution is 5.92. The van der Waals surface area contributed by atoms with Gasteiger partial charge in [-0.2, -0.15) is 0 Å². The van der Waals surface area contributed by atoms with Gasteiger partial charge in [0.1, 0.15) is 5.56 Å². The molecule has 0 radical (unpaired) electrons. The number of benzene rings is 1. The summed E-state index contributed by atoms with van der Waals surface area (Å²) in [5, 5.41) is 17.7. The Kier molecular flexibility index (Phi) is 3.92. The van der Waals surface area contributed by atoms with Crippen molar-refractivity contribution in [1.82, 2.24) is 0 Å². The summed E-state index contributed by atoms with van der Waals surface area (Å²) in [4.78, 5) is 21.6. The van der Waals surface area contributed by atoms with Crippen molar-refractivity contribution < 1.29 is 29.3 Å². The first-order valence-corrected chi connectivity index (χ1v) is 4.69. The molecule has 0 saturated heterocycles. The molecule has 0 bridgehead atoms. The van der Waals surface area contributed by atoms with Crippen molar-refractivity contribution in [1.29, 1.82) is 0 Å². The number of carboxylic acid groups (broad SMARTS) is 2. The van der Waals surface area contributed by atoms with Crippen LogP contribution < -0.4 is 9.47 Å². The van der Waals surface area contributed by atoms with Crippen LogP contribution in [0.4, 0.5) is 0 Å². The molecule has 1 aromatic carbocycles. The number of aromatic carboxylic acids is 1. The second kappa shape index (κ2) is 5.20. The Labute approximate surface area is 97.4 Å². The number of carboxylic acids is 2. The van der Waals surface area contributed by atoms with E-state index < -0.39 is 11.9 Å². The summed E-state index contributed by atoms with van der Waals surface area (Å²) in [6, 6.07) is 2.71. The van der Waals surface area contributed by atoms with Crippen LogP contribution in [0.5, 0.6) is 11.5 Å². The quantitative estimate of drug-likeness (QED) is 0.798. The maximum Gasteiger partial charge on any atom is 0.339 e. The van der Waals surface area contributed by atoms with Gasteiger partial charge >= 0.3 is 11.9 Å². The van der Waals surface area contributed by atoms with Crippen LogP contribution in [0.2, 0.25) is 0 Å². The summed E-state index contributed by atoms with van der Waals surface area (Å²) in [5.41, 5.74) is 0.218. The minimum absolute atomic E-state index is 0.0779. The van der Waals surface area contributed by atoms with E-state index in [4.69, 9.17) is 19.7 Å². The Hall–Kier alpha value is -2.24. The predicted octanol–water partition coefficient (Wildman–Crippen LogP) is 1.03. The zero-order chi connectivity index (χ0) is 13.0. The van der Waals surface area contributed by atoms with Crippen molar-refractivity contribution in [3.8, 4) is 11.5 Å². The summed E-state index contributed by atoms with van der Waals surface area (Å²) in [6.45, 7) is 0. The Morgan fingerprint density at radius 3 is 2.24 bits per heavy atom. The Morgan fingerprint density at radius 2 is 1.82 bits per heavy atom. The van der Waals surface area contributed by atoms with Gasteiger partial charge in [-0.3, -0.25) is 4.79 Å². The number of hydrogen-bond donors (Lipinski definition) is 2. The smallest absolute Gasteiger partial charge is 0.339 e. The third-order valence-electron chi connectivity index (χ3n) is 2.12. The van der Waals surface area contributed by atoms with E-state index in [1.807, 2.05) is 0 Å². The van der Waals surface area contributed by atoms with Crippen LogP contribution in [-0.4, -0.2) is 36.4 Å². The van der Waals surface area contributed by atoms with E-state index >= 15 is 0 Å². The van der Waals surface area contributed by atoms with Crippen LogP contribution in [0.25, 0.3) is 0 Å². The Morgan fingerprint density at radius 1 is 1.18 bits per heavy atom. The predicted molar refractivity (Wildman–Crippen MR) is 57.8 cm³/mol. The Bertz CT molecular complexity index is 452. The molecule has 0 heterocycles. The molecular weight excluding hydrogens is 228 g/mol. The zero-order valence-corrected chi connectivity index (χ0v) is 9.39. The van der Waals surface area contributed by atoms with Gasteiger partial charge in [0.15, 0.2) is 11.5 Å². The van der Waals surface area contributed by atoms with E-state index in [0.29, 0.717) is 5.56 Å². The number of aliphatic carboxylic acids is 1. The molecule has 1 rings (SSSR count). The number of methoxy groups -OCH3 is 2. The van der Waals surface area contributed by atoms with E-state index in [9.17, 15) is 9.59 Å². The lowest BCUT2D eigenvalue weighted by Crippen LogP contribution is -2.06. The summed E-state index contributed by atoms with van der Waals surface area (Å²) in [6.07, 6.45) is -0.277. The molecule has 0 aliphatic carbocycles. The van der Waals surface area contributed by atoms with Crippen molar-refractivity contribution in [3.63, 3.8) is 0 Å².